The Bertz CT molecular complexity index is 946. The number of carbonyl (C=O) groups excluding carboxylic acids is 1. The summed E-state index contributed by atoms with van der Waals surface area (Å²) < 4.78 is 31.7. The van der Waals surface area contributed by atoms with E-state index < -0.39 is 12.1 Å². The minimum atomic E-state index is -5.08. The smallest absolute Gasteiger partial charge is 0.475 e. The fourth-order valence-corrected chi connectivity index (χ4v) is 4.99. The summed E-state index contributed by atoms with van der Waals surface area (Å²) in [5, 5.41) is 14.0. The van der Waals surface area contributed by atoms with E-state index in [1.807, 2.05) is 30.3 Å². The van der Waals surface area contributed by atoms with E-state index in [-0.39, 0.29) is 23.0 Å². The lowest BCUT2D eigenvalue weighted by molar-refractivity contribution is -0.192. The van der Waals surface area contributed by atoms with Gasteiger partial charge in [-0.15, -0.1) is 11.8 Å². The van der Waals surface area contributed by atoms with E-state index in [1.165, 1.54) is 10.5 Å². The first-order chi connectivity index (χ1) is 15.7. The summed E-state index contributed by atoms with van der Waals surface area (Å²) in [5.41, 5.74) is 2.09. The van der Waals surface area contributed by atoms with Crippen LogP contribution >= 0.6 is 11.8 Å². The van der Waals surface area contributed by atoms with Gasteiger partial charge in [-0.2, -0.15) is 13.2 Å². The number of nitrogens with one attached hydrogen (secondary N) is 2. The van der Waals surface area contributed by atoms with Gasteiger partial charge < -0.3 is 15.7 Å². The van der Waals surface area contributed by atoms with Gasteiger partial charge in [0.25, 0.3) is 5.91 Å². The summed E-state index contributed by atoms with van der Waals surface area (Å²) in [6.07, 6.45) is -3.21. The van der Waals surface area contributed by atoms with Crippen molar-refractivity contribution in [2.24, 2.45) is 0 Å². The largest absolute Gasteiger partial charge is 0.490 e. The van der Waals surface area contributed by atoms with Gasteiger partial charge in [-0.1, -0.05) is 30.3 Å². The van der Waals surface area contributed by atoms with E-state index in [2.05, 4.69) is 62.6 Å². The Morgan fingerprint density at radius 2 is 1.50 bits per heavy atom. The summed E-state index contributed by atoms with van der Waals surface area (Å²) in [6, 6.07) is 18.6. The van der Waals surface area contributed by atoms with Gasteiger partial charge in [-0.05, 0) is 70.4 Å². The zero-order valence-electron chi connectivity index (χ0n) is 19.7. The van der Waals surface area contributed by atoms with Crippen molar-refractivity contribution in [2.45, 2.75) is 74.5 Å². The van der Waals surface area contributed by atoms with Crippen LogP contribution in [0.5, 0.6) is 0 Å². The summed E-state index contributed by atoms with van der Waals surface area (Å²) in [6.45, 7) is 8.80. The number of hydrogen-bond acceptors (Lipinski definition) is 4. The molecule has 186 valence electrons. The zero-order chi connectivity index (χ0) is 25.6. The van der Waals surface area contributed by atoms with Gasteiger partial charge in [0.2, 0.25) is 0 Å². The Balaban J connectivity index is 0.000000509. The molecule has 3 rings (SSSR count). The number of hydrogen-bond donors (Lipinski definition) is 3. The Morgan fingerprint density at radius 1 is 1.00 bits per heavy atom. The molecule has 2 aromatic rings. The standard InChI is InChI=1S/C23H30N2OS.C2HF3O2/c1-22(2)14-19(15-23(3,4)25-22)24-21(26)18-10-12-20(13-11-18)27-16-17-8-6-5-7-9-17;3-2(4,5)1(6)7/h5-13,19,25H,14-16H2,1-4H3,(H,24,26);(H,6,7). The number of carboxylic acid groups (broad SMARTS) is 1. The average Bonchev–Trinajstić information content (AvgIpc) is 2.71. The third-order valence-electron chi connectivity index (χ3n) is 5.13. The lowest BCUT2D eigenvalue weighted by atomic mass is 9.79. The van der Waals surface area contributed by atoms with Gasteiger partial charge in [0, 0.05) is 33.3 Å². The molecule has 0 radical (unpaired) electrons. The number of aliphatic carboxylic acids is 1. The van der Waals surface area contributed by atoms with Crippen LogP contribution in [0.25, 0.3) is 0 Å². The van der Waals surface area contributed by atoms with Crippen LogP contribution in [0.1, 0.15) is 56.5 Å². The number of thioether (sulfide) groups is 1. The molecule has 1 fully saturated rings. The van der Waals surface area contributed by atoms with Crippen LogP contribution in [0.4, 0.5) is 13.2 Å². The molecule has 0 atom stereocenters. The van der Waals surface area contributed by atoms with Crippen LogP contribution < -0.4 is 10.6 Å². The van der Waals surface area contributed by atoms with Crippen molar-refractivity contribution in [3.63, 3.8) is 0 Å². The molecule has 0 bridgehead atoms. The molecule has 1 aliphatic heterocycles. The SMILES string of the molecule is CC1(C)CC(NC(=O)c2ccc(SCc3ccccc3)cc2)CC(C)(C)N1.O=C(O)C(F)(F)F. The molecule has 0 aliphatic carbocycles. The Kier molecular flexibility index (Phi) is 9.19. The van der Waals surface area contributed by atoms with E-state index in [0.29, 0.717) is 0 Å². The second-order valence-corrected chi connectivity index (χ2v) is 10.6. The van der Waals surface area contributed by atoms with E-state index in [4.69, 9.17) is 9.90 Å². The third kappa shape index (κ3) is 9.38. The maximum atomic E-state index is 12.7. The number of carbonyl (C=O) groups is 2. The van der Waals surface area contributed by atoms with Crippen molar-refractivity contribution >= 4 is 23.6 Å². The predicted octanol–water partition coefficient (Wildman–Crippen LogP) is 5.65. The van der Waals surface area contributed by atoms with Crippen LogP contribution in [0.15, 0.2) is 59.5 Å². The minimum absolute atomic E-state index is 0.0214. The highest BCUT2D eigenvalue weighted by Crippen LogP contribution is 2.29. The maximum absolute atomic E-state index is 12.7. The molecule has 2 aromatic carbocycles. The number of halogens is 3. The van der Waals surface area contributed by atoms with Crippen molar-refractivity contribution in [1.82, 2.24) is 10.6 Å². The number of carboxylic acids is 1. The highest BCUT2D eigenvalue weighted by atomic mass is 32.2. The van der Waals surface area contributed by atoms with Gasteiger partial charge in [-0.3, -0.25) is 4.79 Å². The fraction of sp³-hybridized carbons (Fsp3) is 0.440. The van der Waals surface area contributed by atoms with E-state index in [9.17, 15) is 18.0 Å². The highest BCUT2D eigenvalue weighted by molar-refractivity contribution is 7.98. The lowest BCUT2D eigenvalue weighted by Crippen LogP contribution is -2.62. The first kappa shape index (κ1) is 27.7. The van der Waals surface area contributed by atoms with Crippen LogP contribution in [-0.4, -0.2) is 40.3 Å². The molecule has 1 saturated heterocycles. The average molecular weight is 497 g/mol. The summed E-state index contributed by atoms with van der Waals surface area (Å²) in [7, 11) is 0. The number of benzene rings is 2. The molecule has 0 unspecified atom stereocenters. The quantitative estimate of drug-likeness (QED) is 0.466. The monoisotopic (exact) mass is 496 g/mol. The van der Waals surface area contributed by atoms with Crippen molar-refractivity contribution in [1.29, 1.82) is 0 Å². The molecular weight excluding hydrogens is 465 g/mol. The second-order valence-electron chi connectivity index (χ2n) is 9.57. The topological polar surface area (TPSA) is 78.4 Å². The Labute approximate surface area is 202 Å². The first-order valence-electron chi connectivity index (χ1n) is 10.8. The van der Waals surface area contributed by atoms with Crippen molar-refractivity contribution in [3.05, 3.63) is 65.7 Å². The molecule has 1 aliphatic rings. The molecule has 1 heterocycles. The molecular formula is C25H31F3N2O3S. The summed E-state index contributed by atoms with van der Waals surface area (Å²) in [5.74, 6) is -1.80. The van der Waals surface area contributed by atoms with Crippen molar-refractivity contribution in [2.75, 3.05) is 0 Å². The molecule has 5 nitrogen and oxygen atoms in total. The number of rotatable bonds is 5. The molecule has 0 aromatic heterocycles. The maximum Gasteiger partial charge on any atom is 0.490 e. The predicted molar refractivity (Wildman–Crippen MR) is 128 cm³/mol. The summed E-state index contributed by atoms with van der Waals surface area (Å²) >= 11 is 1.79. The lowest BCUT2D eigenvalue weighted by Gasteiger charge is -2.46. The number of alkyl halides is 3. The third-order valence-corrected chi connectivity index (χ3v) is 6.22. The van der Waals surface area contributed by atoms with Crippen molar-refractivity contribution < 1.29 is 27.9 Å². The normalized spacial score (nSPS) is 17.3. The van der Waals surface area contributed by atoms with Crippen molar-refractivity contribution in [3.8, 4) is 0 Å². The van der Waals surface area contributed by atoms with Gasteiger partial charge in [0.15, 0.2) is 0 Å². The number of piperidine rings is 1. The van der Waals surface area contributed by atoms with E-state index in [1.54, 1.807) is 11.8 Å². The van der Waals surface area contributed by atoms with E-state index in [0.717, 1.165) is 24.2 Å². The molecule has 34 heavy (non-hydrogen) atoms. The van der Waals surface area contributed by atoms with Crippen LogP contribution in [0.2, 0.25) is 0 Å². The van der Waals surface area contributed by atoms with Gasteiger partial charge >= 0.3 is 12.1 Å². The molecule has 0 saturated carbocycles. The molecule has 1 amide bonds. The Morgan fingerprint density at radius 3 is 1.97 bits per heavy atom. The van der Waals surface area contributed by atoms with Crippen LogP contribution in [0.3, 0.4) is 0 Å². The van der Waals surface area contributed by atoms with Gasteiger partial charge in [-0.25, -0.2) is 4.79 Å². The zero-order valence-corrected chi connectivity index (χ0v) is 20.5. The minimum Gasteiger partial charge on any atom is -0.475 e. The first-order valence-corrected chi connectivity index (χ1v) is 11.8. The molecule has 9 heteroatoms. The van der Waals surface area contributed by atoms with Gasteiger partial charge in [0.05, 0.1) is 0 Å². The summed E-state index contributed by atoms with van der Waals surface area (Å²) in [4.78, 5) is 22.8. The van der Waals surface area contributed by atoms with Crippen LogP contribution in [-0.2, 0) is 10.5 Å². The molecule has 0 spiro atoms. The van der Waals surface area contributed by atoms with E-state index >= 15 is 0 Å². The highest BCUT2D eigenvalue weighted by Gasteiger charge is 2.39. The molecule has 3 N–H and O–H groups in total. The fourth-order valence-electron chi connectivity index (χ4n) is 4.14. The second kappa shape index (κ2) is 11.3. The van der Waals surface area contributed by atoms with Crippen LogP contribution in [0, 0.1) is 0 Å². The van der Waals surface area contributed by atoms with Gasteiger partial charge in [0.1, 0.15) is 0 Å². The number of amides is 1. The Hall–Kier alpha value is -2.52.